The van der Waals surface area contributed by atoms with E-state index in [9.17, 15) is 18.5 Å². The number of rotatable bonds is 5. The van der Waals surface area contributed by atoms with Crippen molar-refractivity contribution >= 4 is 31.6 Å². The largest absolute Gasteiger partial charge is 0.289 e. The van der Waals surface area contributed by atoms with E-state index in [4.69, 9.17) is 0 Å². The van der Waals surface area contributed by atoms with Crippen molar-refractivity contribution in [2.24, 2.45) is 0 Å². The van der Waals surface area contributed by atoms with Gasteiger partial charge in [-0.15, -0.1) is 0 Å². The Balaban J connectivity index is 1.71. The lowest BCUT2D eigenvalue weighted by atomic mass is 10.3. The average Bonchev–Trinajstić information content (AvgIpc) is 3.00. The molecule has 0 aliphatic carbocycles. The average molecular weight is 430 g/mol. The summed E-state index contributed by atoms with van der Waals surface area (Å²) in [5.74, 6) is 0. The molecule has 0 radical (unpaired) electrons. The van der Waals surface area contributed by atoms with E-state index in [-0.39, 0.29) is 18.0 Å². The molecule has 1 aliphatic rings. The van der Waals surface area contributed by atoms with Crippen LogP contribution in [0.4, 0.5) is 5.69 Å². The van der Waals surface area contributed by atoms with Gasteiger partial charge in [-0.25, -0.2) is 8.42 Å². The van der Waals surface area contributed by atoms with Gasteiger partial charge < -0.3 is 0 Å². The van der Waals surface area contributed by atoms with Crippen LogP contribution in [0.15, 0.2) is 46.0 Å². The number of hydrogen-bond acceptors (Lipinski definition) is 6. The summed E-state index contributed by atoms with van der Waals surface area (Å²) in [4.78, 5) is 12.3. The molecule has 2 aromatic rings. The van der Waals surface area contributed by atoms with E-state index in [1.807, 2.05) is 6.20 Å². The molecule has 9 nitrogen and oxygen atoms in total. The number of hydrogen-bond donors (Lipinski definition) is 0. The number of aromatic nitrogens is 2. The van der Waals surface area contributed by atoms with Gasteiger partial charge in [-0.2, -0.15) is 9.40 Å². The predicted molar refractivity (Wildman–Crippen MR) is 93.4 cm³/mol. The van der Waals surface area contributed by atoms with E-state index in [0.29, 0.717) is 19.8 Å². The van der Waals surface area contributed by atoms with E-state index in [2.05, 4.69) is 25.9 Å². The highest BCUT2D eigenvalue weighted by Crippen LogP contribution is 2.26. The number of halogens is 1. The Morgan fingerprint density at radius 3 is 2.48 bits per heavy atom. The molecule has 1 fully saturated rings. The SMILES string of the molecule is O=[N+]([O-])c1ccccc1S(=O)(=O)N1CCN(Cn2cc(Br)cn2)CC1. The minimum Gasteiger partial charge on any atom is -0.282 e. The first-order chi connectivity index (χ1) is 11.9. The van der Waals surface area contributed by atoms with Crippen molar-refractivity contribution in [2.75, 3.05) is 26.2 Å². The summed E-state index contributed by atoms with van der Waals surface area (Å²) in [7, 11) is -3.89. The van der Waals surface area contributed by atoms with Crippen molar-refractivity contribution in [3.8, 4) is 0 Å². The van der Waals surface area contributed by atoms with Gasteiger partial charge in [0.2, 0.25) is 10.0 Å². The topological polar surface area (TPSA) is 102 Å². The molecule has 0 unspecified atom stereocenters. The van der Waals surface area contributed by atoms with E-state index >= 15 is 0 Å². The minimum absolute atomic E-state index is 0.260. The second-order valence-electron chi connectivity index (χ2n) is 5.59. The van der Waals surface area contributed by atoms with Crippen LogP contribution in [0.3, 0.4) is 0 Å². The summed E-state index contributed by atoms with van der Waals surface area (Å²) < 4.78 is 29.5. The van der Waals surface area contributed by atoms with Gasteiger partial charge in [0.05, 0.1) is 22.3 Å². The highest BCUT2D eigenvalue weighted by atomic mass is 79.9. The number of benzene rings is 1. The number of nitro benzene ring substituents is 1. The van der Waals surface area contributed by atoms with Gasteiger partial charge in [0.25, 0.3) is 5.69 Å². The number of piperazine rings is 1. The standard InChI is InChI=1S/C14H16BrN5O4S/c15-12-9-16-18(10-12)11-17-5-7-19(8-6-17)25(23,24)14-4-2-1-3-13(14)20(21)22/h1-4,9-10H,5-8,11H2. The quantitative estimate of drug-likeness (QED) is 0.527. The monoisotopic (exact) mass is 429 g/mol. The van der Waals surface area contributed by atoms with Gasteiger partial charge in [-0.05, 0) is 22.0 Å². The third kappa shape index (κ3) is 3.89. The fourth-order valence-corrected chi connectivity index (χ4v) is 4.60. The Hall–Kier alpha value is -1.82. The molecule has 2 heterocycles. The first-order valence-electron chi connectivity index (χ1n) is 7.52. The van der Waals surface area contributed by atoms with Crippen molar-refractivity contribution in [1.82, 2.24) is 19.0 Å². The molecule has 0 saturated carbocycles. The Bertz CT molecular complexity index is 877. The van der Waals surface area contributed by atoms with Crippen LogP contribution >= 0.6 is 15.9 Å². The van der Waals surface area contributed by atoms with Crippen LogP contribution in [0, 0.1) is 10.1 Å². The zero-order valence-corrected chi connectivity index (χ0v) is 15.6. The molecule has 0 spiro atoms. The second kappa shape index (κ2) is 7.20. The molecule has 0 bridgehead atoms. The van der Waals surface area contributed by atoms with Crippen molar-refractivity contribution < 1.29 is 13.3 Å². The van der Waals surface area contributed by atoms with Gasteiger partial charge in [-0.3, -0.25) is 19.7 Å². The Morgan fingerprint density at radius 2 is 1.88 bits per heavy atom. The van der Waals surface area contributed by atoms with Crippen molar-refractivity contribution in [1.29, 1.82) is 0 Å². The lowest BCUT2D eigenvalue weighted by Gasteiger charge is -2.33. The van der Waals surface area contributed by atoms with Gasteiger partial charge in [0.15, 0.2) is 4.90 Å². The highest BCUT2D eigenvalue weighted by Gasteiger charge is 2.33. The predicted octanol–water partition coefficient (Wildman–Crippen LogP) is 1.52. The summed E-state index contributed by atoms with van der Waals surface area (Å²) in [5.41, 5.74) is -0.397. The zero-order valence-electron chi connectivity index (χ0n) is 13.2. The molecule has 25 heavy (non-hydrogen) atoms. The van der Waals surface area contributed by atoms with Gasteiger partial charge in [0.1, 0.15) is 0 Å². The fraction of sp³-hybridized carbons (Fsp3) is 0.357. The van der Waals surface area contributed by atoms with Crippen LogP contribution in [0.1, 0.15) is 0 Å². The molecule has 3 rings (SSSR count). The lowest BCUT2D eigenvalue weighted by molar-refractivity contribution is -0.387. The summed E-state index contributed by atoms with van der Waals surface area (Å²) in [6.45, 7) is 2.16. The second-order valence-corrected chi connectivity index (χ2v) is 8.41. The number of nitro groups is 1. The molecule has 0 atom stereocenters. The maximum atomic E-state index is 12.8. The van der Waals surface area contributed by atoms with E-state index in [1.54, 1.807) is 10.9 Å². The maximum absolute atomic E-state index is 12.8. The number of nitrogens with zero attached hydrogens (tertiary/aromatic N) is 5. The molecule has 0 N–H and O–H groups in total. The van der Waals surface area contributed by atoms with Crippen molar-refractivity contribution in [3.05, 3.63) is 51.2 Å². The van der Waals surface area contributed by atoms with Crippen molar-refractivity contribution in [3.63, 3.8) is 0 Å². The number of sulfonamides is 1. The zero-order chi connectivity index (χ0) is 18.0. The molecule has 1 aliphatic heterocycles. The highest BCUT2D eigenvalue weighted by molar-refractivity contribution is 9.10. The molecule has 1 saturated heterocycles. The lowest BCUT2D eigenvalue weighted by Crippen LogP contribution is -2.48. The summed E-state index contributed by atoms with van der Waals surface area (Å²) in [5, 5.41) is 15.3. The van der Waals surface area contributed by atoms with E-state index < -0.39 is 20.6 Å². The molecular formula is C14H16BrN5O4S. The molecule has 1 aromatic carbocycles. The summed E-state index contributed by atoms with van der Waals surface area (Å²) in [6.07, 6.45) is 3.53. The van der Waals surface area contributed by atoms with Crippen LogP contribution in [0.25, 0.3) is 0 Å². The first-order valence-corrected chi connectivity index (χ1v) is 9.75. The third-order valence-electron chi connectivity index (χ3n) is 3.96. The summed E-state index contributed by atoms with van der Waals surface area (Å²) >= 11 is 3.33. The van der Waals surface area contributed by atoms with Crippen LogP contribution in [-0.2, 0) is 16.7 Å². The first kappa shape index (κ1) is 18.0. The van der Waals surface area contributed by atoms with Crippen LogP contribution < -0.4 is 0 Å². The van der Waals surface area contributed by atoms with Crippen LogP contribution in [0.5, 0.6) is 0 Å². The van der Waals surface area contributed by atoms with E-state index in [0.717, 1.165) is 4.47 Å². The molecule has 11 heteroatoms. The normalized spacial score (nSPS) is 16.8. The maximum Gasteiger partial charge on any atom is 0.289 e. The fourth-order valence-electron chi connectivity index (χ4n) is 2.70. The molecule has 134 valence electrons. The Kier molecular flexibility index (Phi) is 5.18. The summed E-state index contributed by atoms with van der Waals surface area (Å²) in [6, 6.07) is 5.43. The smallest absolute Gasteiger partial charge is 0.282 e. The van der Waals surface area contributed by atoms with Gasteiger partial charge in [-0.1, -0.05) is 12.1 Å². The van der Waals surface area contributed by atoms with Crippen molar-refractivity contribution in [2.45, 2.75) is 11.6 Å². The molecular weight excluding hydrogens is 414 g/mol. The van der Waals surface area contributed by atoms with E-state index in [1.165, 1.54) is 28.6 Å². The third-order valence-corrected chi connectivity index (χ3v) is 6.31. The molecule has 1 aromatic heterocycles. The molecule has 0 amide bonds. The van der Waals surface area contributed by atoms with Gasteiger partial charge in [0, 0.05) is 38.4 Å². The Labute approximate surface area is 153 Å². The van der Waals surface area contributed by atoms with Crippen LogP contribution in [0.2, 0.25) is 0 Å². The van der Waals surface area contributed by atoms with Gasteiger partial charge >= 0.3 is 0 Å². The number of para-hydroxylation sites is 1. The minimum atomic E-state index is -3.89. The van der Waals surface area contributed by atoms with Crippen LogP contribution in [-0.4, -0.2) is 58.5 Å². The Morgan fingerprint density at radius 1 is 1.20 bits per heavy atom.